The highest BCUT2D eigenvalue weighted by molar-refractivity contribution is 5.34. The molecule has 1 atom stereocenters. The Balaban J connectivity index is 1.37. The van der Waals surface area contributed by atoms with Gasteiger partial charge in [-0.25, -0.2) is 0 Å². The molecular weight excluding hydrogens is 400 g/mol. The normalized spacial score (nSPS) is 19.4. The number of aliphatic hydroxyl groups excluding tert-OH is 1. The molecule has 1 saturated heterocycles. The van der Waals surface area contributed by atoms with Gasteiger partial charge in [0, 0.05) is 44.9 Å². The van der Waals surface area contributed by atoms with Gasteiger partial charge >= 0.3 is 0 Å². The van der Waals surface area contributed by atoms with Crippen LogP contribution in [0.4, 0.5) is 0 Å². The molecule has 0 aromatic heterocycles. The first kappa shape index (κ1) is 23.2. The first-order chi connectivity index (χ1) is 15.8. The fraction of sp³-hybridized carbons (Fsp3) is 0.556. The van der Waals surface area contributed by atoms with E-state index in [1.54, 1.807) is 18.2 Å². The van der Waals surface area contributed by atoms with Crippen LogP contribution in [-0.4, -0.2) is 74.1 Å². The second kappa shape index (κ2) is 11.8. The molecule has 4 rings (SSSR count). The molecule has 1 heterocycles. The maximum atomic E-state index is 9.15. The Morgan fingerprint density at radius 2 is 1.78 bits per heavy atom. The molecule has 0 radical (unpaired) electrons. The summed E-state index contributed by atoms with van der Waals surface area (Å²) >= 11 is 0. The lowest BCUT2D eigenvalue weighted by Gasteiger charge is -2.39. The number of aliphatic hydroxyl groups is 1. The molecule has 5 heteroatoms. The summed E-state index contributed by atoms with van der Waals surface area (Å²) in [6.07, 6.45) is 4.98. The summed E-state index contributed by atoms with van der Waals surface area (Å²) in [6, 6.07) is 17.8. The zero-order valence-corrected chi connectivity index (χ0v) is 19.4. The highest BCUT2D eigenvalue weighted by Crippen LogP contribution is 2.29. The lowest BCUT2D eigenvalue weighted by Crippen LogP contribution is -2.46. The Morgan fingerprint density at radius 1 is 1.03 bits per heavy atom. The van der Waals surface area contributed by atoms with E-state index in [1.807, 2.05) is 12.1 Å². The van der Waals surface area contributed by atoms with Crippen LogP contribution in [0.3, 0.4) is 0 Å². The van der Waals surface area contributed by atoms with Crippen LogP contribution in [0.2, 0.25) is 0 Å². The van der Waals surface area contributed by atoms with E-state index in [0.29, 0.717) is 18.6 Å². The van der Waals surface area contributed by atoms with Crippen molar-refractivity contribution in [2.24, 2.45) is 5.92 Å². The molecule has 2 aromatic rings. The third-order valence-corrected chi connectivity index (χ3v) is 6.94. The summed E-state index contributed by atoms with van der Waals surface area (Å²) in [5, 5.41) is 9.15. The summed E-state index contributed by atoms with van der Waals surface area (Å²) in [5.74, 6) is 1.55. The van der Waals surface area contributed by atoms with Gasteiger partial charge in [-0.05, 0) is 55.3 Å². The van der Waals surface area contributed by atoms with E-state index in [1.165, 1.54) is 44.3 Å². The number of likely N-dealkylation sites (tertiary alicyclic amines) is 1. The van der Waals surface area contributed by atoms with Gasteiger partial charge in [0.05, 0.1) is 13.2 Å². The van der Waals surface area contributed by atoms with Gasteiger partial charge in [0.1, 0.15) is 12.4 Å². The van der Waals surface area contributed by atoms with Gasteiger partial charge in [0.25, 0.3) is 0 Å². The quantitative estimate of drug-likeness (QED) is 0.583. The van der Waals surface area contributed by atoms with E-state index < -0.39 is 0 Å². The van der Waals surface area contributed by atoms with Crippen molar-refractivity contribution in [3.63, 3.8) is 0 Å². The number of hydrogen-bond donors (Lipinski definition) is 1. The summed E-state index contributed by atoms with van der Waals surface area (Å²) in [6.45, 7) is 6.34. The fourth-order valence-electron chi connectivity index (χ4n) is 5.36. The zero-order valence-electron chi connectivity index (χ0n) is 19.4. The van der Waals surface area contributed by atoms with Crippen molar-refractivity contribution in [3.05, 3.63) is 65.2 Å². The molecule has 1 aliphatic carbocycles. The molecule has 2 aliphatic rings. The predicted octanol–water partition coefficient (Wildman–Crippen LogP) is 3.39. The zero-order chi connectivity index (χ0) is 22.2. The van der Waals surface area contributed by atoms with Crippen LogP contribution in [0.1, 0.15) is 29.5 Å². The molecule has 1 unspecified atom stereocenters. The van der Waals surface area contributed by atoms with Gasteiger partial charge in [-0.3, -0.25) is 9.80 Å². The van der Waals surface area contributed by atoms with Crippen molar-refractivity contribution in [2.45, 2.75) is 38.3 Å². The Labute approximate surface area is 192 Å². The summed E-state index contributed by atoms with van der Waals surface area (Å²) < 4.78 is 11.2. The first-order valence-electron chi connectivity index (χ1n) is 12.1. The highest BCUT2D eigenvalue weighted by atomic mass is 16.5. The summed E-state index contributed by atoms with van der Waals surface area (Å²) in [7, 11) is 1.77. The van der Waals surface area contributed by atoms with E-state index in [2.05, 4.69) is 46.2 Å². The van der Waals surface area contributed by atoms with Crippen LogP contribution in [0.25, 0.3) is 0 Å². The third kappa shape index (κ3) is 6.10. The molecule has 2 aromatic carbocycles. The summed E-state index contributed by atoms with van der Waals surface area (Å²) in [4.78, 5) is 5.27. The van der Waals surface area contributed by atoms with E-state index in [4.69, 9.17) is 14.6 Å². The number of para-hydroxylation sites is 1. The van der Waals surface area contributed by atoms with Crippen molar-refractivity contribution in [2.75, 3.05) is 53.1 Å². The molecule has 0 spiro atoms. The van der Waals surface area contributed by atoms with Gasteiger partial charge in [0.2, 0.25) is 0 Å². The topological polar surface area (TPSA) is 45.2 Å². The van der Waals surface area contributed by atoms with E-state index >= 15 is 0 Å². The number of methoxy groups -OCH3 is 1. The fourth-order valence-corrected chi connectivity index (χ4v) is 5.36. The molecule has 1 N–H and O–H groups in total. The lowest BCUT2D eigenvalue weighted by atomic mass is 9.95. The number of fused-ring (bicyclic) bond motifs is 1. The molecule has 1 fully saturated rings. The number of piperidine rings is 1. The van der Waals surface area contributed by atoms with Crippen LogP contribution < -0.4 is 4.74 Å². The Morgan fingerprint density at radius 3 is 2.53 bits per heavy atom. The van der Waals surface area contributed by atoms with Crippen molar-refractivity contribution in [1.29, 1.82) is 0 Å². The maximum absolute atomic E-state index is 9.15. The molecule has 0 amide bonds. The number of ether oxygens (including phenoxy) is 2. The van der Waals surface area contributed by atoms with E-state index in [9.17, 15) is 0 Å². The summed E-state index contributed by atoms with van der Waals surface area (Å²) in [5.41, 5.74) is 4.26. The van der Waals surface area contributed by atoms with Crippen LogP contribution in [0.5, 0.6) is 5.75 Å². The minimum Gasteiger partial charge on any atom is -0.491 e. The standard InChI is InChI=1S/C27H38N2O3/c1-31-15-13-28(21-25-10-4-5-11-27(25)32-16-14-30)19-22-7-6-12-29(20-22)26-17-23-8-2-3-9-24(23)18-26/h2-5,8-11,22,26,30H,6-7,12-21H2,1H3. The van der Waals surface area contributed by atoms with Gasteiger partial charge < -0.3 is 14.6 Å². The number of nitrogens with zero attached hydrogens (tertiary/aromatic N) is 2. The molecule has 0 bridgehead atoms. The molecular formula is C27H38N2O3. The Kier molecular flexibility index (Phi) is 8.57. The smallest absolute Gasteiger partial charge is 0.123 e. The van der Waals surface area contributed by atoms with Gasteiger partial charge in [-0.1, -0.05) is 42.5 Å². The second-order valence-electron chi connectivity index (χ2n) is 9.24. The van der Waals surface area contributed by atoms with E-state index in [0.717, 1.165) is 32.0 Å². The Hall–Kier alpha value is -1.92. The maximum Gasteiger partial charge on any atom is 0.123 e. The minimum absolute atomic E-state index is 0.0324. The van der Waals surface area contributed by atoms with Crippen molar-refractivity contribution in [3.8, 4) is 5.75 Å². The van der Waals surface area contributed by atoms with Crippen molar-refractivity contribution >= 4 is 0 Å². The number of hydrogen-bond acceptors (Lipinski definition) is 5. The minimum atomic E-state index is 0.0324. The molecule has 174 valence electrons. The number of rotatable bonds is 11. The second-order valence-corrected chi connectivity index (χ2v) is 9.24. The largest absolute Gasteiger partial charge is 0.491 e. The SMILES string of the molecule is COCCN(Cc1ccccc1OCCO)CC1CCCN(C2Cc3ccccc3C2)C1. The highest BCUT2D eigenvalue weighted by Gasteiger charge is 2.31. The third-order valence-electron chi connectivity index (χ3n) is 6.94. The Bertz CT molecular complexity index is 818. The predicted molar refractivity (Wildman–Crippen MR) is 128 cm³/mol. The van der Waals surface area contributed by atoms with Crippen molar-refractivity contribution < 1.29 is 14.6 Å². The van der Waals surface area contributed by atoms with Crippen LogP contribution in [0.15, 0.2) is 48.5 Å². The van der Waals surface area contributed by atoms with E-state index in [-0.39, 0.29) is 6.61 Å². The van der Waals surface area contributed by atoms with Crippen LogP contribution in [-0.2, 0) is 24.1 Å². The average molecular weight is 439 g/mol. The monoisotopic (exact) mass is 438 g/mol. The molecule has 5 nitrogen and oxygen atoms in total. The first-order valence-corrected chi connectivity index (χ1v) is 12.1. The van der Waals surface area contributed by atoms with Crippen LogP contribution in [0, 0.1) is 5.92 Å². The molecule has 1 aliphatic heterocycles. The van der Waals surface area contributed by atoms with Gasteiger partial charge in [0.15, 0.2) is 0 Å². The lowest BCUT2D eigenvalue weighted by molar-refractivity contribution is 0.0838. The van der Waals surface area contributed by atoms with Crippen molar-refractivity contribution in [1.82, 2.24) is 9.80 Å². The van der Waals surface area contributed by atoms with Gasteiger partial charge in [-0.2, -0.15) is 0 Å². The average Bonchev–Trinajstić information content (AvgIpc) is 3.27. The van der Waals surface area contributed by atoms with Crippen LogP contribution >= 0.6 is 0 Å². The van der Waals surface area contributed by atoms with Gasteiger partial charge in [-0.15, -0.1) is 0 Å². The molecule has 32 heavy (non-hydrogen) atoms. The number of benzene rings is 2. The molecule has 0 saturated carbocycles.